The van der Waals surface area contributed by atoms with Crippen molar-refractivity contribution in [2.45, 2.75) is 0 Å². The lowest BCUT2D eigenvalue weighted by Gasteiger charge is -1.97. The minimum absolute atomic E-state index is 0.228. The van der Waals surface area contributed by atoms with Crippen LogP contribution in [-0.2, 0) is 0 Å². The van der Waals surface area contributed by atoms with E-state index in [0.717, 1.165) is 11.1 Å². The second-order valence-electron chi connectivity index (χ2n) is 4.95. The molecule has 0 saturated carbocycles. The van der Waals surface area contributed by atoms with Gasteiger partial charge in [-0.2, -0.15) is 9.50 Å². The summed E-state index contributed by atoms with van der Waals surface area (Å²) in [5.41, 5.74) is 1.30. The smallest absolute Gasteiger partial charge is 0.266 e. The van der Waals surface area contributed by atoms with Gasteiger partial charge in [0, 0.05) is 28.0 Å². The molecule has 0 radical (unpaired) electrons. The zero-order chi connectivity index (χ0) is 16.7. The van der Waals surface area contributed by atoms with E-state index < -0.39 is 0 Å². The lowest BCUT2D eigenvalue weighted by Crippen LogP contribution is -2.23. The Morgan fingerprint density at radius 2 is 1.92 bits per heavy atom. The Hall–Kier alpha value is -2.28. The molecule has 1 aromatic carbocycles. The van der Waals surface area contributed by atoms with Crippen LogP contribution in [0.2, 0.25) is 10.0 Å². The van der Waals surface area contributed by atoms with Crippen LogP contribution in [0.4, 0.5) is 0 Å². The Morgan fingerprint density at radius 3 is 2.62 bits per heavy atom. The van der Waals surface area contributed by atoms with Gasteiger partial charge in [0.15, 0.2) is 5.82 Å². The summed E-state index contributed by atoms with van der Waals surface area (Å²) < 4.78 is 1.81. The van der Waals surface area contributed by atoms with Gasteiger partial charge < -0.3 is 0 Å². The lowest BCUT2D eigenvalue weighted by molar-refractivity contribution is 0.936. The van der Waals surface area contributed by atoms with Crippen LogP contribution in [0.15, 0.2) is 47.5 Å². The summed E-state index contributed by atoms with van der Waals surface area (Å²) in [5, 5.41) is 5.31. The summed E-state index contributed by atoms with van der Waals surface area (Å²) in [4.78, 5) is 21.4. The van der Waals surface area contributed by atoms with Gasteiger partial charge in [0.1, 0.15) is 0 Å². The Morgan fingerprint density at radius 1 is 1.12 bits per heavy atom. The van der Waals surface area contributed by atoms with Gasteiger partial charge in [-0.25, -0.2) is 0 Å². The fourth-order valence-corrected chi connectivity index (χ4v) is 3.58. The topological polar surface area (TPSA) is 60.2 Å². The minimum Gasteiger partial charge on any atom is -0.266 e. The highest BCUT2D eigenvalue weighted by atomic mass is 35.5. The Bertz CT molecular complexity index is 1150. The molecule has 24 heavy (non-hydrogen) atoms. The van der Waals surface area contributed by atoms with E-state index in [0.29, 0.717) is 25.4 Å². The highest BCUT2D eigenvalue weighted by molar-refractivity contribution is 7.15. The van der Waals surface area contributed by atoms with Crippen LogP contribution >= 0.6 is 34.5 Å². The number of benzene rings is 1. The molecule has 0 atom stereocenters. The number of fused-ring (bicyclic) bond motifs is 1. The van der Waals surface area contributed by atoms with Gasteiger partial charge in [-0.1, -0.05) is 40.6 Å². The second-order valence-corrected chi connectivity index (χ2v) is 6.80. The monoisotopic (exact) mass is 374 g/mol. The predicted molar refractivity (Wildman–Crippen MR) is 95.6 cm³/mol. The molecule has 3 aromatic heterocycles. The first kappa shape index (κ1) is 15.3. The maximum absolute atomic E-state index is 12.5. The molecule has 0 fully saturated rings. The van der Waals surface area contributed by atoms with E-state index in [9.17, 15) is 4.79 Å². The number of hydrogen-bond acceptors (Lipinski definition) is 5. The predicted octanol–water partition coefficient (Wildman–Crippen LogP) is 3.07. The molecule has 4 aromatic rings. The van der Waals surface area contributed by atoms with Crippen molar-refractivity contribution in [1.82, 2.24) is 19.6 Å². The van der Waals surface area contributed by atoms with E-state index in [1.807, 2.05) is 0 Å². The zero-order valence-electron chi connectivity index (χ0n) is 12.0. The number of pyridine rings is 1. The summed E-state index contributed by atoms with van der Waals surface area (Å²) in [5.74, 6) is 0.497. The van der Waals surface area contributed by atoms with E-state index in [2.05, 4.69) is 15.1 Å². The molecular formula is C16H8Cl2N4OS. The van der Waals surface area contributed by atoms with Crippen molar-refractivity contribution in [3.63, 3.8) is 0 Å². The van der Waals surface area contributed by atoms with Crippen molar-refractivity contribution in [2.75, 3.05) is 0 Å². The van der Waals surface area contributed by atoms with Gasteiger partial charge in [0.2, 0.25) is 4.96 Å². The summed E-state index contributed by atoms with van der Waals surface area (Å²) in [7, 11) is 0. The fraction of sp³-hybridized carbons (Fsp3) is 0. The molecule has 3 heterocycles. The van der Waals surface area contributed by atoms with Gasteiger partial charge in [0.05, 0.1) is 4.53 Å². The highest BCUT2D eigenvalue weighted by Gasteiger charge is 2.12. The quantitative estimate of drug-likeness (QED) is 0.540. The second kappa shape index (κ2) is 5.98. The van der Waals surface area contributed by atoms with Crippen LogP contribution in [0.1, 0.15) is 5.56 Å². The van der Waals surface area contributed by atoms with Crippen LogP contribution in [0.3, 0.4) is 0 Å². The molecule has 0 spiro atoms. The molecular weight excluding hydrogens is 367 g/mol. The van der Waals surface area contributed by atoms with Gasteiger partial charge in [0.25, 0.3) is 5.56 Å². The fourth-order valence-electron chi connectivity index (χ4n) is 2.22. The Labute approximate surface area is 149 Å². The highest BCUT2D eigenvalue weighted by Crippen LogP contribution is 2.21. The first-order chi connectivity index (χ1) is 11.6. The van der Waals surface area contributed by atoms with Crippen LogP contribution in [0.25, 0.3) is 22.4 Å². The standard InChI is InChI=1S/C16H8Cl2N4OS/c17-11-2-1-10(12(18)8-11)7-13-15(23)22-16(24-13)20-14(21-22)9-3-5-19-6-4-9/h1-8H/b13-7-. The van der Waals surface area contributed by atoms with Crippen molar-refractivity contribution in [2.24, 2.45) is 0 Å². The Kier molecular flexibility index (Phi) is 3.80. The van der Waals surface area contributed by atoms with Gasteiger partial charge in [-0.05, 0) is 35.9 Å². The molecule has 8 heteroatoms. The van der Waals surface area contributed by atoms with Crippen LogP contribution in [-0.4, -0.2) is 19.6 Å². The largest absolute Gasteiger partial charge is 0.291 e. The van der Waals surface area contributed by atoms with E-state index in [1.54, 1.807) is 48.8 Å². The molecule has 0 aliphatic rings. The SMILES string of the molecule is O=c1/c(=C/c2ccc(Cl)cc2Cl)sc2nc(-c3ccncc3)nn12. The lowest BCUT2D eigenvalue weighted by atomic mass is 10.2. The number of aromatic nitrogens is 4. The molecule has 0 aliphatic carbocycles. The molecule has 5 nitrogen and oxygen atoms in total. The van der Waals surface area contributed by atoms with Crippen molar-refractivity contribution in [3.05, 3.63) is 73.2 Å². The molecule has 0 saturated heterocycles. The van der Waals surface area contributed by atoms with E-state index in [1.165, 1.54) is 15.9 Å². The van der Waals surface area contributed by atoms with Gasteiger partial charge in [-0.15, -0.1) is 5.10 Å². The van der Waals surface area contributed by atoms with Crippen molar-refractivity contribution < 1.29 is 0 Å². The third kappa shape index (κ3) is 2.69. The van der Waals surface area contributed by atoms with E-state index >= 15 is 0 Å². The maximum atomic E-state index is 12.5. The number of hydrogen-bond donors (Lipinski definition) is 0. The molecule has 0 N–H and O–H groups in total. The van der Waals surface area contributed by atoms with Gasteiger partial charge in [-0.3, -0.25) is 9.78 Å². The molecule has 0 unspecified atom stereocenters. The molecule has 0 aliphatic heterocycles. The van der Waals surface area contributed by atoms with E-state index in [4.69, 9.17) is 23.2 Å². The molecule has 118 valence electrons. The first-order valence-corrected chi connectivity index (χ1v) is 8.46. The number of rotatable bonds is 2. The Balaban J connectivity index is 1.84. The third-order valence-electron chi connectivity index (χ3n) is 3.37. The number of thiazole rings is 1. The van der Waals surface area contributed by atoms with Crippen molar-refractivity contribution in [1.29, 1.82) is 0 Å². The van der Waals surface area contributed by atoms with Gasteiger partial charge >= 0.3 is 0 Å². The zero-order valence-corrected chi connectivity index (χ0v) is 14.3. The average molecular weight is 375 g/mol. The average Bonchev–Trinajstić information content (AvgIpc) is 3.11. The van der Waals surface area contributed by atoms with Crippen LogP contribution in [0, 0.1) is 0 Å². The van der Waals surface area contributed by atoms with Crippen molar-refractivity contribution >= 4 is 45.6 Å². The van der Waals surface area contributed by atoms with Crippen molar-refractivity contribution in [3.8, 4) is 11.4 Å². The first-order valence-electron chi connectivity index (χ1n) is 6.88. The van der Waals surface area contributed by atoms with E-state index in [-0.39, 0.29) is 5.56 Å². The summed E-state index contributed by atoms with van der Waals surface area (Å²) >= 11 is 13.3. The molecule has 0 bridgehead atoms. The number of nitrogens with zero attached hydrogens (tertiary/aromatic N) is 4. The maximum Gasteiger partial charge on any atom is 0.291 e. The summed E-state index contributed by atoms with van der Waals surface area (Å²) in [6.45, 7) is 0. The van der Waals surface area contributed by atoms with Crippen LogP contribution in [0.5, 0.6) is 0 Å². The van der Waals surface area contributed by atoms with Crippen LogP contribution < -0.4 is 10.1 Å². The third-order valence-corrected chi connectivity index (χ3v) is 4.89. The summed E-state index contributed by atoms with van der Waals surface area (Å²) in [6, 6.07) is 8.72. The summed E-state index contributed by atoms with van der Waals surface area (Å²) in [6.07, 6.45) is 5.03. The molecule has 4 rings (SSSR count). The normalized spacial score (nSPS) is 12.2. The molecule has 0 amide bonds. The minimum atomic E-state index is -0.228. The number of halogens is 2.